The van der Waals surface area contributed by atoms with Gasteiger partial charge >= 0.3 is 5.97 Å². The van der Waals surface area contributed by atoms with Crippen molar-refractivity contribution in [2.75, 3.05) is 6.61 Å². The second-order valence-electron chi connectivity index (χ2n) is 4.18. The van der Waals surface area contributed by atoms with Gasteiger partial charge in [-0.05, 0) is 25.1 Å². The Morgan fingerprint density at radius 1 is 1.29 bits per heavy atom. The number of benzene rings is 1. The van der Waals surface area contributed by atoms with Crippen molar-refractivity contribution in [2.24, 2.45) is 0 Å². The Labute approximate surface area is 143 Å². The quantitative estimate of drug-likeness (QED) is 0.589. The van der Waals surface area contributed by atoms with Crippen LogP contribution in [0.2, 0.25) is 5.02 Å². The number of esters is 1. The van der Waals surface area contributed by atoms with E-state index in [1.54, 1.807) is 6.92 Å². The third-order valence-corrected chi connectivity index (χ3v) is 3.11. The Bertz CT molecular complexity index is 731. The van der Waals surface area contributed by atoms with Crippen LogP contribution in [0.15, 0.2) is 24.3 Å². The van der Waals surface area contributed by atoms with Gasteiger partial charge in [-0.1, -0.05) is 31.5 Å². The molecule has 0 atom stereocenters. The summed E-state index contributed by atoms with van der Waals surface area (Å²) in [5, 5.41) is -0.173. The molecular formula is C17H16ClF2NO3. The van der Waals surface area contributed by atoms with Crippen LogP contribution in [0.1, 0.15) is 41.6 Å². The molecule has 24 heavy (non-hydrogen) atoms. The molecule has 128 valence electrons. The highest BCUT2D eigenvalue weighted by Gasteiger charge is 2.22. The molecular weight excluding hydrogens is 340 g/mol. The van der Waals surface area contributed by atoms with Gasteiger partial charge in [0.15, 0.2) is 6.29 Å². The van der Waals surface area contributed by atoms with Crippen molar-refractivity contribution in [1.29, 1.82) is 0 Å². The summed E-state index contributed by atoms with van der Waals surface area (Å²) >= 11 is 5.95. The van der Waals surface area contributed by atoms with E-state index < -0.39 is 23.2 Å². The molecule has 4 nitrogen and oxygen atoms in total. The maximum atomic E-state index is 13.8. The van der Waals surface area contributed by atoms with E-state index in [4.69, 9.17) is 16.3 Å². The largest absolute Gasteiger partial charge is 0.462 e. The van der Waals surface area contributed by atoms with Gasteiger partial charge < -0.3 is 4.74 Å². The zero-order valence-electron chi connectivity index (χ0n) is 13.4. The number of halogens is 3. The molecule has 0 N–H and O–H groups in total. The van der Waals surface area contributed by atoms with Crippen LogP contribution >= 0.6 is 11.6 Å². The first-order chi connectivity index (χ1) is 11.5. The molecule has 0 radical (unpaired) electrons. The Balaban J connectivity index is 0.00000139. The molecule has 0 aliphatic rings. The van der Waals surface area contributed by atoms with Crippen LogP contribution in [-0.2, 0) is 4.74 Å². The number of carbonyl (C=O) groups is 2. The Morgan fingerprint density at radius 2 is 1.88 bits per heavy atom. The SMILES string of the molecule is CC.CCOC(=O)c1c(Cl)cc(-c2c(F)cccc2F)nc1C=O. The summed E-state index contributed by atoms with van der Waals surface area (Å²) in [6.45, 7) is 5.67. The highest BCUT2D eigenvalue weighted by Crippen LogP contribution is 2.29. The van der Waals surface area contributed by atoms with Crippen LogP contribution in [0.3, 0.4) is 0 Å². The third kappa shape index (κ3) is 4.14. The average molecular weight is 356 g/mol. The standard InChI is InChI=1S/C15H10ClF2NO3.C2H6/c1-2-22-15(21)13-8(16)6-11(19-12(13)7-20)14-9(17)4-3-5-10(14)18;1-2/h3-7H,2H2,1H3;1-2H3. The summed E-state index contributed by atoms with van der Waals surface area (Å²) < 4.78 is 32.3. The molecule has 0 saturated heterocycles. The van der Waals surface area contributed by atoms with E-state index in [2.05, 4.69) is 4.98 Å². The number of hydrogen-bond donors (Lipinski definition) is 0. The minimum atomic E-state index is -0.857. The molecule has 0 aliphatic carbocycles. The lowest BCUT2D eigenvalue weighted by molar-refractivity contribution is 0.0524. The van der Waals surface area contributed by atoms with Gasteiger partial charge in [0, 0.05) is 0 Å². The second kappa shape index (κ2) is 9.08. The molecule has 0 aliphatic heterocycles. The van der Waals surface area contributed by atoms with E-state index in [0.717, 1.165) is 18.2 Å². The van der Waals surface area contributed by atoms with Gasteiger partial charge in [0.05, 0.1) is 22.9 Å². The number of ether oxygens (including phenoxy) is 1. The van der Waals surface area contributed by atoms with Crippen molar-refractivity contribution in [2.45, 2.75) is 20.8 Å². The van der Waals surface area contributed by atoms with Gasteiger partial charge in [-0.3, -0.25) is 4.79 Å². The molecule has 0 unspecified atom stereocenters. The van der Waals surface area contributed by atoms with E-state index in [0.29, 0.717) is 0 Å². The molecule has 0 spiro atoms. The number of aldehydes is 1. The lowest BCUT2D eigenvalue weighted by Crippen LogP contribution is -2.11. The van der Waals surface area contributed by atoms with Crippen LogP contribution in [0, 0.1) is 11.6 Å². The number of nitrogens with zero attached hydrogens (tertiary/aromatic N) is 1. The third-order valence-electron chi connectivity index (χ3n) is 2.81. The van der Waals surface area contributed by atoms with Crippen molar-refractivity contribution in [3.05, 3.63) is 52.2 Å². The maximum Gasteiger partial charge on any atom is 0.341 e. The normalized spacial score (nSPS) is 9.75. The number of rotatable bonds is 4. The molecule has 0 saturated carbocycles. The minimum Gasteiger partial charge on any atom is -0.462 e. The molecule has 1 heterocycles. The summed E-state index contributed by atoms with van der Waals surface area (Å²) in [5.74, 6) is -2.55. The number of hydrogen-bond acceptors (Lipinski definition) is 4. The maximum absolute atomic E-state index is 13.8. The van der Waals surface area contributed by atoms with Gasteiger partial charge in [-0.15, -0.1) is 0 Å². The summed E-state index contributed by atoms with van der Waals surface area (Å²) in [6.07, 6.45) is 0.278. The number of carbonyl (C=O) groups excluding carboxylic acids is 2. The zero-order valence-corrected chi connectivity index (χ0v) is 14.2. The van der Waals surface area contributed by atoms with Crippen LogP contribution in [0.4, 0.5) is 8.78 Å². The second-order valence-corrected chi connectivity index (χ2v) is 4.59. The first-order valence-corrected chi connectivity index (χ1v) is 7.64. The molecule has 0 amide bonds. The molecule has 2 aromatic rings. The van der Waals surface area contributed by atoms with Crippen molar-refractivity contribution in [1.82, 2.24) is 4.98 Å². The Morgan fingerprint density at radius 3 is 2.38 bits per heavy atom. The molecule has 1 aromatic heterocycles. The average Bonchev–Trinajstić information content (AvgIpc) is 2.56. The van der Waals surface area contributed by atoms with E-state index in [-0.39, 0.29) is 34.9 Å². The molecule has 7 heteroatoms. The van der Waals surface area contributed by atoms with E-state index in [1.165, 1.54) is 6.07 Å². The van der Waals surface area contributed by atoms with Crippen LogP contribution < -0.4 is 0 Å². The molecule has 2 rings (SSSR count). The van der Waals surface area contributed by atoms with Crippen molar-refractivity contribution < 1.29 is 23.1 Å². The fourth-order valence-electron chi connectivity index (χ4n) is 1.89. The smallest absolute Gasteiger partial charge is 0.341 e. The monoisotopic (exact) mass is 355 g/mol. The van der Waals surface area contributed by atoms with E-state index in [1.807, 2.05) is 13.8 Å². The fraction of sp³-hybridized carbons (Fsp3) is 0.235. The minimum absolute atomic E-state index is 0.0805. The predicted molar refractivity (Wildman–Crippen MR) is 87.3 cm³/mol. The van der Waals surface area contributed by atoms with Crippen molar-refractivity contribution in [3.63, 3.8) is 0 Å². The van der Waals surface area contributed by atoms with Gasteiger partial charge in [-0.25, -0.2) is 18.6 Å². The van der Waals surface area contributed by atoms with Gasteiger partial charge in [0.1, 0.15) is 22.9 Å². The number of aromatic nitrogens is 1. The Hall–Kier alpha value is -2.34. The van der Waals surface area contributed by atoms with Crippen molar-refractivity contribution in [3.8, 4) is 11.3 Å². The van der Waals surface area contributed by atoms with Crippen LogP contribution in [0.25, 0.3) is 11.3 Å². The van der Waals surface area contributed by atoms with Gasteiger partial charge in [0.25, 0.3) is 0 Å². The fourth-order valence-corrected chi connectivity index (χ4v) is 2.17. The van der Waals surface area contributed by atoms with Gasteiger partial charge in [-0.2, -0.15) is 0 Å². The number of pyridine rings is 1. The lowest BCUT2D eigenvalue weighted by atomic mass is 10.1. The van der Waals surface area contributed by atoms with Crippen LogP contribution in [0.5, 0.6) is 0 Å². The first kappa shape index (κ1) is 19.7. The summed E-state index contributed by atoms with van der Waals surface area (Å²) in [5.41, 5.74) is -1.19. The van der Waals surface area contributed by atoms with E-state index in [9.17, 15) is 18.4 Å². The van der Waals surface area contributed by atoms with Crippen molar-refractivity contribution >= 4 is 23.9 Å². The summed E-state index contributed by atoms with van der Waals surface area (Å²) in [4.78, 5) is 26.7. The summed E-state index contributed by atoms with van der Waals surface area (Å²) in [6, 6.07) is 4.41. The molecule has 0 fully saturated rings. The first-order valence-electron chi connectivity index (χ1n) is 7.26. The van der Waals surface area contributed by atoms with Gasteiger partial charge in [0.2, 0.25) is 0 Å². The highest BCUT2D eigenvalue weighted by atomic mass is 35.5. The predicted octanol–water partition coefficient (Wildman–Crippen LogP) is 4.70. The Kier molecular flexibility index (Phi) is 7.45. The van der Waals surface area contributed by atoms with E-state index >= 15 is 0 Å². The lowest BCUT2D eigenvalue weighted by Gasteiger charge is -2.10. The molecule has 1 aromatic carbocycles. The topological polar surface area (TPSA) is 56.3 Å². The molecule has 0 bridgehead atoms. The zero-order chi connectivity index (χ0) is 18.3. The summed E-state index contributed by atoms with van der Waals surface area (Å²) in [7, 11) is 0. The van der Waals surface area contributed by atoms with Crippen LogP contribution in [-0.4, -0.2) is 23.8 Å². The highest BCUT2D eigenvalue weighted by molar-refractivity contribution is 6.34.